The molecule has 0 saturated carbocycles. The molecule has 0 bridgehead atoms. The van der Waals surface area contributed by atoms with Gasteiger partial charge in [0.2, 0.25) is 0 Å². The number of fused-ring (bicyclic) bond motifs is 2. The quantitative estimate of drug-likeness (QED) is 0.439. The summed E-state index contributed by atoms with van der Waals surface area (Å²) in [6.07, 6.45) is 3.13. The van der Waals surface area contributed by atoms with Crippen molar-refractivity contribution in [3.05, 3.63) is 77.4 Å². The number of amides is 1. The summed E-state index contributed by atoms with van der Waals surface area (Å²) >= 11 is 0. The van der Waals surface area contributed by atoms with Crippen molar-refractivity contribution in [3.63, 3.8) is 0 Å². The molecule has 3 aromatic heterocycles. The number of H-pyrrole nitrogens is 1. The van der Waals surface area contributed by atoms with Crippen LogP contribution in [0.15, 0.2) is 54.9 Å². The molecular weight excluding hydrogens is 421 g/mol. The van der Waals surface area contributed by atoms with E-state index in [2.05, 4.69) is 31.4 Å². The second-order valence-corrected chi connectivity index (χ2v) is 7.72. The van der Waals surface area contributed by atoms with Crippen molar-refractivity contribution in [1.29, 1.82) is 5.26 Å². The van der Waals surface area contributed by atoms with E-state index in [1.807, 2.05) is 13.0 Å². The molecule has 2 aromatic carbocycles. The van der Waals surface area contributed by atoms with E-state index in [9.17, 15) is 9.18 Å². The summed E-state index contributed by atoms with van der Waals surface area (Å²) in [5, 5.41) is 17.3. The molecule has 5 rings (SSSR count). The molecule has 33 heavy (non-hydrogen) atoms. The van der Waals surface area contributed by atoms with E-state index in [1.165, 1.54) is 12.1 Å². The van der Waals surface area contributed by atoms with E-state index in [4.69, 9.17) is 5.26 Å². The van der Waals surface area contributed by atoms with E-state index in [-0.39, 0.29) is 17.8 Å². The van der Waals surface area contributed by atoms with Crippen molar-refractivity contribution in [1.82, 2.24) is 30.0 Å². The Hall–Kier alpha value is -4.58. The van der Waals surface area contributed by atoms with Gasteiger partial charge in [-0.05, 0) is 42.8 Å². The van der Waals surface area contributed by atoms with Gasteiger partial charge in [0.15, 0.2) is 5.65 Å². The Labute approximate surface area is 187 Å². The van der Waals surface area contributed by atoms with Crippen LogP contribution in [-0.4, -0.2) is 30.6 Å². The second kappa shape index (κ2) is 7.84. The minimum atomic E-state index is -0.349. The lowest BCUT2D eigenvalue weighted by molar-refractivity contribution is 0.0941. The normalized spacial score (nSPS) is 12.1. The zero-order valence-corrected chi connectivity index (χ0v) is 17.8. The summed E-state index contributed by atoms with van der Waals surface area (Å²) in [5.74, 6) is -0.673. The molecule has 162 valence electrons. The van der Waals surface area contributed by atoms with Crippen molar-refractivity contribution >= 4 is 28.0 Å². The number of carbonyl (C=O) groups excluding carboxylic acids is 1. The number of nitrogens with zero attached hydrogens (tertiary/aromatic N) is 5. The molecule has 0 aliphatic rings. The maximum Gasteiger partial charge on any atom is 0.255 e. The average molecular weight is 439 g/mol. The average Bonchev–Trinajstić information content (AvgIpc) is 3.39. The number of halogens is 1. The molecule has 8 nitrogen and oxygen atoms in total. The molecule has 0 fully saturated rings. The second-order valence-electron chi connectivity index (χ2n) is 7.72. The summed E-state index contributed by atoms with van der Waals surface area (Å²) in [5.41, 5.74) is 4.22. The van der Waals surface area contributed by atoms with Crippen LogP contribution >= 0.6 is 0 Å². The molecule has 0 radical (unpaired) electrons. The van der Waals surface area contributed by atoms with Gasteiger partial charge in [-0.1, -0.05) is 12.1 Å². The monoisotopic (exact) mass is 439 g/mol. The van der Waals surface area contributed by atoms with Crippen molar-refractivity contribution in [3.8, 4) is 17.5 Å². The fourth-order valence-corrected chi connectivity index (χ4v) is 3.83. The van der Waals surface area contributed by atoms with Crippen LogP contribution < -0.4 is 5.32 Å². The molecule has 0 aliphatic carbocycles. The molecule has 9 heteroatoms. The third-order valence-corrected chi connectivity index (χ3v) is 5.54. The number of rotatable bonds is 4. The molecule has 3 heterocycles. The van der Waals surface area contributed by atoms with Gasteiger partial charge in [0.05, 0.1) is 35.0 Å². The predicted octanol–water partition coefficient (Wildman–Crippen LogP) is 4.01. The van der Waals surface area contributed by atoms with E-state index in [0.717, 1.165) is 10.9 Å². The summed E-state index contributed by atoms with van der Waals surface area (Å²) in [6, 6.07) is 13.3. The topological polar surface area (TPSA) is 112 Å². The minimum Gasteiger partial charge on any atom is -0.345 e. The summed E-state index contributed by atoms with van der Waals surface area (Å²) < 4.78 is 15.3. The van der Waals surface area contributed by atoms with Crippen LogP contribution in [0.5, 0.6) is 0 Å². The molecular formula is C24H18FN7O. The van der Waals surface area contributed by atoms with Crippen LogP contribution in [-0.2, 0) is 7.05 Å². The molecule has 5 aromatic rings. The number of nitrogens with one attached hydrogen (secondary N) is 2. The zero-order chi connectivity index (χ0) is 23.1. The van der Waals surface area contributed by atoms with Crippen molar-refractivity contribution in [2.45, 2.75) is 13.0 Å². The van der Waals surface area contributed by atoms with E-state index in [0.29, 0.717) is 39.2 Å². The number of aryl methyl sites for hydroxylation is 1. The Kier molecular flexibility index (Phi) is 4.83. The van der Waals surface area contributed by atoms with Crippen LogP contribution in [0.25, 0.3) is 33.5 Å². The molecule has 0 spiro atoms. The Morgan fingerprint density at radius 1 is 1.27 bits per heavy atom. The summed E-state index contributed by atoms with van der Waals surface area (Å²) in [6.45, 7) is 1.85. The molecule has 1 unspecified atom stereocenters. The van der Waals surface area contributed by atoms with Gasteiger partial charge in [-0.2, -0.15) is 10.4 Å². The smallest absolute Gasteiger partial charge is 0.255 e. The number of aromatic nitrogens is 5. The highest BCUT2D eigenvalue weighted by Crippen LogP contribution is 2.28. The van der Waals surface area contributed by atoms with Crippen molar-refractivity contribution in [2.24, 2.45) is 7.05 Å². The van der Waals surface area contributed by atoms with Gasteiger partial charge < -0.3 is 10.3 Å². The van der Waals surface area contributed by atoms with Crippen molar-refractivity contribution < 1.29 is 9.18 Å². The number of hydrogen-bond acceptors (Lipinski definition) is 5. The first-order chi connectivity index (χ1) is 15.9. The molecule has 0 aliphatic heterocycles. The van der Waals surface area contributed by atoms with Crippen LogP contribution in [0, 0.1) is 17.1 Å². The lowest BCUT2D eigenvalue weighted by Gasteiger charge is -2.14. The number of aromatic amines is 1. The van der Waals surface area contributed by atoms with Crippen LogP contribution in [0.2, 0.25) is 0 Å². The Balaban J connectivity index is 1.50. The lowest BCUT2D eigenvalue weighted by atomic mass is 10.1. The Bertz CT molecular complexity index is 1580. The Morgan fingerprint density at radius 2 is 2.12 bits per heavy atom. The van der Waals surface area contributed by atoms with Gasteiger partial charge in [-0.25, -0.2) is 14.4 Å². The van der Waals surface area contributed by atoms with Crippen LogP contribution in [0.1, 0.15) is 34.5 Å². The maximum absolute atomic E-state index is 13.7. The third-order valence-electron chi connectivity index (χ3n) is 5.54. The lowest BCUT2D eigenvalue weighted by Crippen LogP contribution is -2.26. The van der Waals surface area contributed by atoms with Crippen molar-refractivity contribution in [2.75, 3.05) is 0 Å². The highest BCUT2D eigenvalue weighted by molar-refractivity contribution is 6.05. The molecule has 0 saturated heterocycles. The van der Waals surface area contributed by atoms with E-state index in [1.54, 1.807) is 48.4 Å². The zero-order valence-electron chi connectivity index (χ0n) is 17.8. The fourth-order valence-electron chi connectivity index (χ4n) is 3.83. The van der Waals surface area contributed by atoms with Gasteiger partial charge >= 0.3 is 0 Å². The maximum atomic E-state index is 13.7. The first-order valence-corrected chi connectivity index (χ1v) is 10.2. The van der Waals surface area contributed by atoms with Gasteiger partial charge in [-0.3, -0.25) is 9.48 Å². The van der Waals surface area contributed by atoms with Gasteiger partial charge in [0.1, 0.15) is 22.7 Å². The van der Waals surface area contributed by atoms with Gasteiger partial charge in [0, 0.05) is 18.6 Å². The van der Waals surface area contributed by atoms with E-state index >= 15 is 0 Å². The third kappa shape index (κ3) is 3.57. The first kappa shape index (κ1) is 20.3. The largest absolute Gasteiger partial charge is 0.345 e. The standard InChI is InChI=1S/C24H18FN7O/c1-13(15-5-3-4-14(8-15)10-26)29-24(33)18-11-27-23-22(18)30-19(12-28-23)21-17-7-6-16(25)9-20(17)32(2)31-21/h3-9,11-13H,1-2H3,(H,27,28)(H,29,33). The van der Waals surface area contributed by atoms with Gasteiger partial charge in [-0.15, -0.1) is 0 Å². The molecule has 2 N–H and O–H groups in total. The number of hydrogen-bond donors (Lipinski definition) is 2. The highest BCUT2D eigenvalue weighted by atomic mass is 19.1. The first-order valence-electron chi connectivity index (χ1n) is 10.2. The number of nitriles is 1. The fraction of sp³-hybridized carbons (Fsp3) is 0.125. The van der Waals surface area contributed by atoms with Gasteiger partial charge in [0.25, 0.3) is 5.91 Å². The van der Waals surface area contributed by atoms with E-state index < -0.39 is 0 Å². The molecule has 1 amide bonds. The summed E-state index contributed by atoms with van der Waals surface area (Å²) in [7, 11) is 1.73. The number of benzene rings is 2. The SMILES string of the molecule is CC(NC(=O)c1c[nH]c2ncc(-c3nn(C)c4cc(F)ccc34)nc12)c1cccc(C#N)c1. The summed E-state index contributed by atoms with van der Waals surface area (Å²) in [4.78, 5) is 25.1. The highest BCUT2D eigenvalue weighted by Gasteiger charge is 2.20. The van der Waals surface area contributed by atoms with Crippen LogP contribution in [0.4, 0.5) is 4.39 Å². The minimum absolute atomic E-state index is 0.318. The number of carbonyl (C=O) groups is 1. The molecule has 1 atom stereocenters. The Morgan fingerprint density at radius 3 is 2.94 bits per heavy atom. The predicted molar refractivity (Wildman–Crippen MR) is 121 cm³/mol. The van der Waals surface area contributed by atoms with Crippen LogP contribution in [0.3, 0.4) is 0 Å².